The van der Waals surface area contributed by atoms with E-state index in [4.69, 9.17) is 0 Å². The van der Waals surface area contributed by atoms with E-state index in [9.17, 15) is 4.39 Å². The quantitative estimate of drug-likeness (QED) is 0.614. The van der Waals surface area contributed by atoms with E-state index in [0.29, 0.717) is 0 Å². The summed E-state index contributed by atoms with van der Waals surface area (Å²) in [4.78, 5) is 1.99. The van der Waals surface area contributed by atoms with Crippen molar-refractivity contribution in [3.05, 3.63) is 35.1 Å². The first-order valence-corrected chi connectivity index (χ1v) is 4.49. The third kappa shape index (κ3) is 3.20. The van der Waals surface area contributed by atoms with Crippen LogP contribution in [0, 0.1) is 24.6 Å². The normalized spacial score (nSPS) is 9.79. The van der Waals surface area contributed by atoms with Crippen LogP contribution in [0.2, 0.25) is 0 Å². The molecule has 2 heteroatoms. The molecule has 0 fully saturated rings. The molecule has 0 N–H and O–H groups in total. The minimum atomic E-state index is -0.208. The minimum Gasteiger partial charge on any atom is -0.299 e. The lowest BCUT2D eigenvalue weighted by Gasteiger charge is -2.01. The predicted octanol–water partition coefficient (Wildman–Crippen LogP) is 2.05. The van der Waals surface area contributed by atoms with E-state index >= 15 is 0 Å². The standard InChI is InChI=1S/C12H14FN/c1-10-9-12(13)7-6-11(10)5-4-8-14(2)3/h6-7,9H,8H2,1-3H3. The van der Waals surface area contributed by atoms with Crippen molar-refractivity contribution in [2.24, 2.45) is 0 Å². The number of benzene rings is 1. The zero-order valence-electron chi connectivity index (χ0n) is 8.76. The highest BCUT2D eigenvalue weighted by atomic mass is 19.1. The van der Waals surface area contributed by atoms with Gasteiger partial charge < -0.3 is 0 Å². The number of halogens is 1. The second-order valence-corrected chi connectivity index (χ2v) is 3.50. The van der Waals surface area contributed by atoms with Gasteiger partial charge in [0.15, 0.2) is 0 Å². The van der Waals surface area contributed by atoms with Crippen LogP contribution in [-0.4, -0.2) is 25.5 Å². The van der Waals surface area contributed by atoms with Crippen molar-refractivity contribution in [2.45, 2.75) is 6.92 Å². The van der Waals surface area contributed by atoms with Gasteiger partial charge in [0.2, 0.25) is 0 Å². The molecule has 0 aromatic heterocycles. The van der Waals surface area contributed by atoms with Crippen molar-refractivity contribution in [2.75, 3.05) is 20.6 Å². The second-order valence-electron chi connectivity index (χ2n) is 3.50. The van der Waals surface area contributed by atoms with Gasteiger partial charge in [0.05, 0.1) is 6.54 Å². The summed E-state index contributed by atoms with van der Waals surface area (Å²) in [6, 6.07) is 4.65. The highest BCUT2D eigenvalue weighted by Crippen LogP contribution is 2.08. The molecule has 1 nitrogen and oxygen atoms in total. The third-order valence-corrected chi connectivity index (χ3v) is 1.81. The lowest BCUT2D eigenvalue weighted by atomic mass is 10.1. The second kappa shape index (κ2) is 4.78. The maximum Gasteiger partial charge on any atom is 0.123 e. The Labute approximate surface area is 84.5 Å². The first kappa shape index (κ1) is 10.7. The van der Waals surface area contributed by atoms with Crippen LogP contribution in [0.25, 0.3) is 0 Å². The van der Waals surface area contributed by atoms with Gasteiger partial charge in [-0.1, -0.05) is 11.8 Å². The van der Waals surface area contributed by atoms with Gasteiger partial charge in [0, 0.05) is 5.56 Å². The van der Waals surface area contributed by atoms with Crippen molar-refractivity contribution in [1.29, 1.82) is 0 Å². The molecule has 74 valence electrons. The first-order valence-electron chi connectivity index (χ1n) is 4.49. The molecule has 1 aromatic rings. The number of aryl methyl sites for hydroxylation is 1. The topological polar surface area (TPSA) is 3.24 Å². The fourth-order valence-electron chi connectivity index (χ4n) is 1.06. The van der Waals surface area contributed by atoms with Crippen molar-refractivity contribution < 1.29 is 4.39 Å². The number of rotatable bonds is 1. The lowest BCUT2D eigenvalue weighted by molar-refractivity contribution is 0.464. The maximum atomic E-state index is 12.7. The van der Waals surface area contributed by atoms with Crippen LogP contribution in [-0.2, 0) is 0 Å². The molecule has 0 aliphatic carbocycles. The van der Waals surface area contributed by atoms with Crippen molar-refractivity contribution in [1.82, 2.24) is 4.90 Å². The average Bonchev–Trinajstić information content (AvgIpc) is 2.08. The van der Waals surface area contributed by atoms with E-state index < -0.39 is 0 Å². The molecule has 1 aromatic carbocycles. The molecule has 14 heavy (non-hydrogen) atoms. The zero-order valence-corrected chi connectivity index (χ0v) is 8.76. The van der Waals surface area contributed by atoms with Crippen molar-refractivity contribution in [3.63, 3.8) is 0 Å². The van der Waals surface area contributed by atoms with Crippen LogP contribution in [0.3, 0.4) is 0 Å². The SMILES string of the molecule is Cc1cc(F)ccc1C#CCN(C)C. The molecule has 0 saturated heterocycles. The van der Waals surface area contributed by atoms with Gasteiger partial charge in [0.1, 0.15) is 5.82 Å². The molecule has 0 heterocycles. The summed E-state index contributed by atoms with van der Waals surface area (Å²) in [6.45, 7) is 2.58. The van der Waals surface area contributed by atoms with E-state index in [0.717, 1.165) is 17.7 Å². The van der Waals surface area contributed by atoms with Gasteiger partial charge in [-0.15, -0.1) is 0 Å². The molecular formula is C12H14FN. The van der Waals surface area contributed by atoms with Gasteiger partial charge in [-0.3, -0.25) is 4.90 Å². The Morgan fingerprint density at radius 2 is 2.07 bits per heavy atom. The van der Waals surface area contributed by atoms with E-state index in [1.165, 1.54) is 12.1 Å². The Kier molecular flexibility index (Phi) is 3.67. The average molecular weight is 191 g/mol. The van der Waals surface area contributed by atoms with E-state index in [-0.39, 0.29) is 5.82 Å². The fourth-order valence-corrected chi connectivity index (χ4v) is 1.06. The lowest BCUT2D eigenvalue weighted by Crippen LogP contribution is -2.10. The van der Waals surface area contributed by atoms with Crippen LogP contribution in [0.4, 0.5) is 4.39 Å². The Hall–Kier alpha value is -1.33. The highest BCUT2D eigenvalue weighted by Gasteiger charge is 1.95. The molecule has 0 aliphatic rings. The highest BCUT2D eigenvalue weighted by molar-refractivity contribution is 5.40. The summed E-state index contributed by atoms with van der Waals surface area (Å²) in [6.07, 6.45) is 0. The molecular weight excluding hydrogens is 177 g/mol. The van der Waals surface area contributed by atoms with Crippen LogP contribution >= 0.6 is 0 Å². The van der Waals surface area contributed by atoms with E-state index in [2.05, 4.69) is 11.8 Å². The number of hydrogen-bond donors (Lipinski definition) is 0. The largest absolute Gasteiger partial charge is 0.299 e. The van der Waals surface area contributed by atoms with Crippen molar-refractivity contribution >= 4 is 0 Å². The Bertz CT molecular complexity index is 372. The van der Waals surface area contributed by atoms with E-state index in [1.807, 2.05) is 25.9 Å². The summed E-state index contributed by atoms with van der Waals surface area (Å²) in [5, 5.41) is 0. The summed E-state index contributed by atoms with van der Waals surface area (Å²) in [7, 11) is 3.93. The molecule has 0 saturated carbocycles. The third-order valence-electron chi connectivity index (χ3n) is 1.81. The van der Waals surface area contributed by atoms with Gasteiger partial charge in [-0.2, -0.15) is 0 Å². The molecule has 0 amide bonds. The minimum absolute atomic E-state index is 0.208. The summed E-state index contributed by atoms with van der Waals surface area (Å²) in [5.74, 6) is 5.82. The van der Waals surface area contributed by atoms with Gasteiger partial charge in [-0.25, -0.2) is 4.39 Å². The van der Waals surface area contributed by atoms with Crippen LogP contribution < -0.4 is 0 Å². The number of nitrogens with zero attached hydrogens (tertiary/aromatic N) is 1. The Balaban J connectivity index is 2.80. The smallest absolute Gasteiger partial charge is 0.123 e. The summed E-state index contributed by atoms with van der Waals surface area (Å²) in [5.41, 5.74) is 1.78. The van der Waals surface area contributed by atoms with Crippen molar-refractivity contribution in [3.8, 4) is 11.8 Å². The molecule has 0 bridgehead atoms. The fraction of sp³-hybridized carbons (Fsp3) is 0.333. The zero-order chi connectivity index (χ0) is 10.6. The molecule has 1 rings (SSSR count). The van der Waals surface area contributed by atoms with Gasteiger partial charge in [0.25, 0.3) is 0 Å². The van der Waals surface area contributed by atoms with E-state index in [1.54, 1.807) is 6.07 Å². The molecule has 0 spiro atoms. The maximum absolute atomic E-state index is 12.7. The molecule has 0 unspecified atom stereocenters. The molecule has 0 atom stereocenters. The van der Waals surface area contributed by atoms with Crippen LogP contribution in [0.5, 0.6) is 0 Å². The van der Waals surface area contributed by atoms with Gasteiger partial charge >= 0.3 is 0 Å². The summed E-state index contributed by atoms with van der Waals surface area (Å²) < 4.78 is 12.7. The summed E-state index contributed by atoms with van der Waals surface area (Å²) >= 11 is 0. The molecule has 0 aliphatic heterocycles. The monoisotopic (exact) mass is 191 g/mol. The Morgan fingerprint density at radius 3 is 2.64 bits per heavy atom. The van der Waals surface area contributed by atoms with Gasteiger partial charge in [-0.05, 0) is 44.8 Å². The number of hydrogen-bond acceptors (Lipinski definition) is 1. The predicted molar refractivity (Wildman–Crippen MR) is 56.6 cm³/mol. The Morgan fingerprint density at radius 1 is 1.36 bits per heavy atom. The van der Waals surface area contributed by atoms with Crippen LogP contribution in [0.15, 0.2) is 18.2 Å². The molecule has 0 radical (unpaired) electrons. The van der Waals surface area contributed by atoms with Crippen LogP contribution in [0.1, 0.15) is 11.1 Å². The first-order chi connectivity index (χ1) is 6.59.